The molecule has 0 aliphatic heterocycles. The Morgan fingerprint density at radius 1 is 1.47 bits per heavy atom. The van der Waals surface area contributed by atoms with Crippen LogP contribution in [0.5, 0.6) is 0 Å². The largest absolute Gasteiger partial charge is 0.389 e. The van der Waals surface area contributed by atoms with Crippen molar-refractivity contribution >= 4 is 5.70 Å². The Bertz CT molecular complexity index is 416. The summed E-state index contributed by atoms with van der Waals surface area (Å²) in [4.78, 5) is 4.29. The molecule has 1 rings (SSSR count). The van der Waals surface area contributed by atoms with E-state index < -0.39 is 12.0 Å². The second-order valence-corrected chi connectivity index (χ2v) is 4.31. The molecule has 0 fully saturated rings. The number of hydrogen-bond donors (Lipinski definition) is 3. The summed E-state index contributed by atoms with van der Waals surface area (Å²) in [5, 5.41) is 12.3. The van der Waals surface area contributed by atoms with Crippen molar-refractivity contribution in [2.75, 3.05) is 13.2 Å². The van der Waals surface area contributed by atoms with E-state index in [1.54, 1.807) is 12.1 Å². The summed E-state index contributed by atoms with van der Waals surface area (Å²) in [7, 11) is 0. The van der Waals surface area contributed by atoms with Crippen molar-refractivity contribution in [1.82, 2.24) is 5.32 Å². The second kappa shape index (κ2) is 6.60. The number of nitrogens with two attached hydrogens (primary N) is 1. The van der Waals surface area contributed by atoms with Crippen LogP contribution in [0.3, 0.4) is 0 Å². The third-order valence-electron chi connectivity index (χ3n) is 2.58. The number of aliphatic hydroxyl groups is 1. The fourth-order valence-corrected chi connectivity index (χ4v) is 1.48. The number of nitrogens with one attached hydrogen (secondary N) is 1. The molecule has 4 N–H and O–H groups in total. The third kappa shape index (κ3) is 4.94. The fourth-order valence-electron chi connectivity index (χ4n) is 1.48. The molecule has 0 radical (unpaired) electrons. The van der Waals surface area contributed by atoms with Crippen molar-refractivity contribution in [2.24, 2.45) is 5.90 Å². The molecule has 0 spiro atoms. The highest BCUT2D eigenvalue weighted by Gasteiger charge is 2.23. The Morgan fingerprint density at radius 2 is 2.05 bits per heavy atom. The van der Waals surface area contributed by atoms with Crippen LogP contribution in [0.25, 0.3) is 5.70 Å². The first-order valence-corrected chi connectivity index (χ1v) is 5.76. The van der Waals surface area contributed by atoms with Gasteiger partial charge in [-0.1, -0.05) is 30.8 Å². The van der Waals surface area contributed by atoms with Crippen LogP contribution in [0.15, 0.2) is 30.8 Å². The fraction of sp³-hybridized carbons (Fsp3) is 0.385. The Morgan fingerprint density at radius 3 is 2.53 bits per heavy atom. The van der Waals surface area contributed by atoms with E-state index in [2.05, 4.69) is 16.7 Å². The van der Waals surface area contributed by atoms with Crippen molar-refractivity contribution in [1.29, 1.82) is 0 Å². The maximum absolute atomic E-state index is 13.0. The zero-order chi connectivity index (χ0) is 14.5. The minimum Gasteiger partial charge on any atom is -0.389 e. The van der Waals surface area contributed by atoms with Gasteiger partial charge in [-0.15, -0.1) is 0 Å². The molecule has 19 heavy (non-hydrogen) atoms. The Balaban J connectivity index is 2.59. The van der Waals surface area contributed by atoms with E-state index in [0.29, 0.717) is 11.3 Å². The van der Waals surface area contributed by atoms with Crippen molar-refractivity contribution < 1.29 is 18.7 Å². The predicted octanol–water partition coefficient (Wildman–Crippen LogP) is 1.61. The number of alkyl halides is 2. The lowest BCUT2D eigenvalue weighted by Gasteiger charge is -2.15. The lowest BCUT2D eigenvalue weighted by molar-refractivity contribution is 0.0175. The predicted molar refractivity (Wildman–Crippen MR) is 69.2 cm³/mol. The minimum absolute atomic E-state index is 0.00126. The zero-order valence-electron chi connectivity index (χ0n) is 10.7. The number of aliphatic hydroxyl groups excluding tert-OH is 1. The van der Waals surface area contributed by atoms with Crippen LogP contribution in [-0.2, 0) is 10.8 Å². The first-order chi connectivity index (χ1) is 8.84. The van der Waals surface area contributed by atoms with Gasteiger partial charge in [0.25, 0.3) is 5.92 Å². The van der Waals surface area contributed by atoms with Crippen LogP contribution >= 0.6 is 0 Å². The molecule has 1 aromatic carbocycles. The van der Waals surface area contributed by atoms with E-state index >= 15 is 0 Å². The molecule has 1 atom stereocenters. The summed E-state index contributed by atoms with van der Waals surface area (Å²) in [5.74, 6) is 1.96. The van der Waals surface area contributed by atoms with E-state index in [0.717, 1.165) is 6.92 Å². The van der Waals surface area contributed by atoms with E-state index in [4.69, 9.17) is 5.90 Å². The summed E-state index contributed by atoms with van der Waals surface area (Å²) in [6, 6.07) is 5.80. The normalized spacial score (nSPS) is 13.1. The van der Waals surface area contributed by atoms with Crippen LogP contribution in [-0.4, -0.2) is 24.4 Å². The third-order valence-corrected chi connectivity index (χ3v) is 2.58. The molecule has 0 aliphatic rings. The van der Waals surface area contributed by atoms with Gasteiger partial charge in [0, 0.05) is 24.7 Å². The molecule has 0 saturated heterocycles. The molecule has 0 unspecified atom stereocenters. The molecular weight excluding hydrogens is 254 g/mol. The van der Waals surface area contributed by atoms with Gasteiger partial charge < -0.3 is 15.3 Å². The molecule has 0 aliphatic carbocycles. The van der Waals surface area contributed by atoms with Crippen LogP contribution in [0.4, 0.5) is 8.78 Å². The van der Waals surface area contributed by atoms with Crippen molar-refractivity contribution in [2.45, 2.75) is 19.0 Å². The summed E-state index contributed by atoms with van der Waals surface area (Å²) >= 11 is 0. The molecule has 4 nitrogen and oxygen atoms in total. The summed E-state index contributed by atoms with van der Waals surface area (Å²) in [5.41, 5.74) is 1.15. The highest BCUT2D eigenvalue weighted by molar-refractivity contribution is 5.61. The Hall–Kier alpha value is -1.50. The molecule has 0 heterocycles. The van der Waals surface area contributed by atoms with E-state index in [1.165, 1.54) is 12.1 Å². The number of halogens is 2. The van der Waals surface area contributed by atoms with Gasteiger partial charge in [0.05, 0.1) is 12.7 Å². The van der Waals surface area contributed by atoms with Crippen LogP contribution in [0.2, 0.25) is 0 Å². The average molecular weight is 272 g/mol. The van der Waals surface area contributed by atoms with Gasteiger partial charge in [-0.25, -0.2) is 14.7 Å². The maximum Gasteiger partial charge on any atom is 0.270 e. The monoisotopic (exact) mass is 272 g/mol. The molecule has 0 saturated carbocycles. The lowest BCUT2D eigenvalue weighted by atomic mass is 10.1. The molecular formula is C13H18F2N2O2. The SMILES string of the molecule is C=C(NC[C@@H](O)CON)c1ccc(C(C)(F)F)cc1. The number of hydrogen-bond acceptors (Lipinski definition) is 4. The Labute approximate surface area is 110 Å². The smallest absolute Gasteiger partial charge is 0.270 e. The van der Waals surface area contributed by atoms with Gasteiger partial charge >= 0.3 is 0 Å². The summed E-state index contributed by atoms with van der Waals surface area (Å²) < 4.78 is 26.1. The molecule has 0 aromatic heterocycles. The quantitative estimate of drug-likeness (QED) is 0.660. The van der Waals surface area contributed by atoms with Gasteiger partial charge in [-0.3, -0.25) is 0 Å². The van der Waals surface area contributed by atoms with Crippen LogP contribution < -0.4 is 11.2 Å². The highest BCUT2D eigenvalue weighted by Crippen LogP contribution is 2.27. The zero-order valence-corrected chi connectivity index (χ0v) is 10.7. The van der Waals surface area contributed by atoms with Crippen molar-refractivity contribution in [3.05, 3.63) is 42.0 Å². The minimum atomic E-state index is -2.86. The van der Waals surface area contributed by atoms with Gasteiger partial charge in [0.2, 0.25) is 0 Å². The lowest BCUT2D eigenvalue weighted by Crippen LogP contribution is -2.30. The standard InChI is InChI=1S/C13H18F2N2O2/c1-9(17-7-12(18)8-19-16)10-3-5-11(6-4-10)13(2,14)15/h3-6,12,17-18H,1,7-8,16H2,2H3/t12-/m1/s1. The maximum atomic E-state index is 13.0. The molecule has 0 bridgehead atoms. The topological polar surface area (TPSA) is 67.5 Å². The highest BCUT2D eigenvalue weighted by atomic mass is 19.3. The number of rotatable bonds is 7. The van der Waals surface area contributed by atoms with E-state index in [9.17, 15) is 13.9 Å². The summed E-state index contributed by atoms with van der Waals surface area (Å²) in [6.45, 7) is 4.82. The van der Waals surface area contributed by atoms with Gasteiger partial charge in [-0.2, -0.15) is 0 Å². The van der Waals surface area contributed by atoms with E-state index in [1.807, 2.05) is 0 Å². The van der Waals surface area contributed by atoms with Gasteiger partial charge in [-0.05, 0) is 5.56 Å². The van der Waals surface area contributed by atoms with Crippen LogP contribution in [0, 0.1) is 0 Å². The van der Waals surface area contributed by atoms with E-state index in [-0.39, 0.29) is 18.7 Å². The van der Waals surface area contributed by atoms with Crippen LogP contribution in [0.1, 0.15) is 18.1 Å². The Kier molecular flexibility index (Phi) is 5.41. The van der Waals surface area contributed by atoms with Gasteiger partial charge in [0.1, 0.15) is 0 Å². The number of benzene rings is 1. The van der Waals surface area contributed by atoms with Crippen molar-refractivity contribution in [3.8, 4) is 0 Å². The first-order valence-electron chi connectivity index (χ1n) is 5.76. The molecule has 106 valence electrons. The average Bonchev–Trinajstić information content (AvgIpc) is 2.35. The molecule has 6 heteroatoms. The second-order valence-electron chi connectivity index (χ2n) is 4.31. The first kappa shape index (κ1) is 15.6. The van der Waals surface area contributed by atoms with Crippen molar-refractivity contribution in [3.63, 3.8) is 0 Å². The molecule has 0 amide bonds. The van der Waals surface area contributed by atoms with Gasteiger partial charge in [0.15, 0.2) is 0 Å². The molecule has 1 aromatic rings. The summed E-state index contributed by atoms with van der Waals surface area (Å²) in [6.07, 6.45) is -0.763.